The first-order valence-corrected chi connectivity index (χ1v) is 29.5. The van der Waals surface area contributed by atoms with Crippen LogP contribution in [0.3, 0.4) is 0 Å². The lowest BCUT2D eigenvalue weighted by atomic mass is 9.78. The van der Waals surface area contributed by atoms with Gasteiger partial charge < -0.3 is 61.3 Å². The molecule has 0 amide bonds. The first kappa shape index (κ1) is 81.8. The summed E-state index contributed by atoms with van der Waals surface area (Å²) in [5, 5.41) is 111. The van der Waals surface area contributed by atoms with Crippen LogP contribution in [0.4, 0.5) is 0 Å². The Morgan fingerprint density at radius 2 is 0.382 bits per heavy atom. The van der Waals surface area contributed by atoms with Crippen molar-refractivity contribution in [2.24, 2.45) is 5.41 Å². The number of benzene rings is 4. The summed E-state index contributed by atoms with van der Waals surface area (Å²) in [5.74, 6) is -2.70. The molecule has 0 atom stereocenters. The Kier molecular flexibility index (Phi) is 29.4. The van der Waals surface area contributed by atoms with Crippen LogP contribution in [0.25, 0.3) is 24.3 Å². The number of aliphatic hydroxyl groups excluding tert-OH is 4. The first-order chi connectivity index (χ1) is 39.9. The molecule has 0 spiro atoms. The molecular formula is C73H108O16. The summed E-state index contributed by atoms with van der Waals surface area (Å²) in [7, 11) is 0. The molecule has 0 radical (unpaired) electrons. The summed E-state index contributed by atoms with van der Waals surface area (Å²) in [6, 6.07) is 14.8. The molecule has 16 heteroatoms. The Bertz CT molecular complexity index is 2600. The van der Waals surface area contributed by atoms with Crippen molar-refractivity contribution >= 4 is 48.2 Å². The van der Waals surface area contributed by atoms with Crippen LogP contribution in [-0.4, -0.2) is 112 Å². The van der Waals surface area contributed by atoms with Gasteiger partial charge in [0.15, 0.2) is 0 Å². The average molecular weight is 1240 g/mol. The zero-order valence-electron chi connectivity index (χ0n) is 57.6. The van der Waals surface area contributed by atoms with E-state index in [1.54, 1.807) is 24.3 Å². The van der Waals surface area contributed by atoms with E-state index in [0.29, 0.717) is 23.0 Å². The quantitative estimate of drug-likeness (QED) is 0.0587. The van der Waals surface area contributed by atoms with Crippen molar-refractivity contribution in [3.63, 3.8) is 0 Å². The monoisotopic (exact) mass is 1240 g/mol. The van der Waals surface area contributed by atoms with Gasteiger partial charge in [-0.15, -0.1) is 0 Å². The fourth-order valence-corrected chi connectivity index (χ4v) is 8.56. The van der Waals surface area contributed by atoms with Gasteiger partial charge in [-0.3, -0.25) is 0 Å². The predicted molar refractivity (Wildman–Crippen MR) is 359 cm³/mol. The smallest absolute Gasteiger partial charge is 0.328 e. The molecule has 0 heterocycles. The number of hydrogen-bond acceptors (Lipinski definition) is 12. The molecule has 0 unspecified atom stereocenters. The number of aliphatic carboxylic acids is 4. The fraction of sp³-hybridized carbons (Fsp3) is 0.507. The van der Waals surface area contributed by atoms with Gasteiger partial charge in [-0.2, -0.15) is 0 Å². The molecule has 496 valence electrons. The molecule has 16 nitrogen and oxygen atoms in total. The van der Waals surface area contributed by atoms with Crippen molar-refractivity contribution in [3.05, 3.63) is 140 Å². The highest BCUT2D eigenvalue weighted by molar-refractivity contribution is 5.87. The predicted octanol–water partition coefficient (Wildman–Crippen LogP) is 14.3. The molecule has 0 aromatic heterocycles. The van der Waals surface area contributed by atoms with Crippen LogP contribution in [0.1, 0.15) is 233 Å². The third-order valence-corrected chi connectivity index (χ3v) is 14.0. The molecule has 4 rings (SSSR count). The van der Waals surface area contributed by atoms with Crippen molar-refractivity contribution in [3.8, 4) is 23.0 Å². The normalized spacial score (nSPS) is 12.8. The van der Waals surface area contributed by atoms with E-state index < -0.39 is 55.7 Å². The number of aliphatic hydroxyl groups is 4. The fourth-order valence-electron chi connectivity index (χ4n) is 8.56. The Labute approximate surface area is 530 Å². The van der Waals surface area contributed by atoms with Crippen molar-refractivity contribution in [2.45, 2.75) is 209 Å². The molecular weight excluding hydrogens is 1130 g/mol. The van der Waals surface area contributed by atoms with Gasteiger partial charge in [-0.05, 0) is 138 Å². The Morgan fingerprint density at radius 3 is 0.449 bits per heavy atom. The van der Waals surface area contributed by atoms with Gasteiger partial charge >= 0.3 is 23.9 Å². The maximum absolute atomic E-state index is 10.7. The molecule has 89 heavy (non-hydrogen) atoms. The maximum Gasteiger partial charge on any atom is 0.328 e. The number of carboxylic acid groups (broad SMARTS) is 4. The van der Waals surface area contributed by atoms with Crippen LogP contribution in [0, 0.1) is 5.41 Å². The average Bonchev–Trinajstić information content (AvgIpc) is 1.000. The molecule has 0 saturated carbocycles. The Balaban J connectivity index is 0.00000111. The second-order valence-corrected chi connectivity index (χ2v) is 30.7. The number of hydrogen-bond donors (Lipinski definition) is 12. The summed E-state index contributed by atoms with van der Waals surface area (Å²) >= 11 is 0. The summed E-state index contributed by atoms with van der Waals surface area (Å²) in [6.07, 6.45) is 10.7. The highest BCUT2D eigenvalue weighted by Gasteiger charge is 2.31. The summed E-state index contributed by atoms with van der Waals surface area (Å²) in [6.45, 7) is 47.0. The SMILES string of the molecule is CC(C)(C)c1cc(C=CC(=O)O)cc(C(C)(C)C)c1O.CC(C)(C)c1cc(C=CC(=O)O)cc(C(C)(C)C)c1O.CC(C)(C)c1cc(C=CC(=O)O)cc(C(C)(C)C)c1O.CC(C)(C)c1cc(C=CC(=O)O)cc(C(C)(C)C)c1O.OCC(CO)(CO)CO. The first-order valence-electron chi connectivity index (χ1n) is 29.5. The number of carbonyl (C=O) groups is 4. The van der Waals surface area contributed by atoms with Crippen LogP contribution in [0.5, 0.6) is 23.0 Å². The van der Waals surface area contributed by atoms with Crippen LogP contribution >= 0.6 is 0 Å². The summed E-state index contributed by atoms with van der Waals surface area (Å²) in [4.78, 5) is 42.7. The second-order valence-electron chi connectivity index (χ2n) is 30.7. The summed E-state index contributed by atoms with van der Waals surface area (Å²) < 4.78 is 0. The standard InChI is InChI=1S/4C17H24O3.C5H12O4/c4*1-16(2,3)12-9-11(7-8-14(18)19)10-13(15(12)20)17(4,5)6;6-1-5(2-7,3-8)4-9/h4*7-10,20H,1-6H3,(H,18,19);6-9H,1-4H2. The molecule has 0 fully saturated rings. The molecule has 0 bridgehead atoms. The molecule has 4 aromatic rings. The van der Waals surface area contributed by atoms with Crippen LogP contribution in [0.15, 0.2) is 72.8 Å². The number of rotatable bonds is 12. The van der Waals surface area contributed by atoms with E-state index in [2.05, 4.69) is 0 Å². The maximum atomic E-state index is 10.7. The molecule has 0 aliphatic rings. The number of phenols is 4. The van der Waals surface area contributed by atoms with E-state index in [4.69, 9.17) is 40.9 Å². The van der Waals surface area contributed by atoms with Gasteiger partial charge in [0.2, 0.25) is 0 Å². The van der Waals surface area contributed by atoms with E-state index >= 15 is 0 Å². The largest absolute Gasteiger partial charge is 0.507 e. The topological polar surface area (TPSA) is 311 Å². The Morgan fingerprint density at radius 1 is 0.270 bits per heavy atom. The third kappa shape index (κ3) is 26.8. The zero-order valence-corrected chi connectivity index (χ0v) is 57.6. The van der Waals surface area contributed by atoms with Crippen LogP contribution < -0.4 is 0 Å². The van der Waals surface area contributed by atoms with Gasteiger partial charge in [-0.1, -0.05) is 166 Å². The Hall–Kier alpha value is -7.24. The molecule has 0 saturated heterocycles. The highest BCUT2D eigenvalue weighted by atomic mass is 16.4. The van der Waals surface area contributed by atoms with E-state index in [1.165, 1.54) is 0 Å². The number of phenolic OH excluding ortho intramolecular Hbond substituents is 4. The van der Waals surface area contributed by atoms with Crippen molar-refractivity contribution < 1.29 is 80.5 Å². The van der Waals surface area contributed by atoms with E-state index in [1.807, 2.05) is 215 Å². The van der Waals surface area contributed by atoms with E-state index in [9.17, 15) is 39.6 Å². The number of aromatic hydroxyl groups is 4. The molecule has 12 N–H and O–H groups in total. The van der Waals surface area contributed by atoms with Gasteiger partial charge in [-0.25, -0.2) is 19.2 Å². The van der Waals surface area contributed by atoms with Crippen molar-refractivity contribution in [1.82, 2.24) is 0 Å². The van der Waals surface area contributed by atoms with E-state index in [-0.39, 0.29) is 43.3 Å². The van der Waals surface area contributed by atoms with Gasteiger partial charge in [0.25, 0.3) is 0 Å². The highest BCUT2D eigenvalue weighted by Crippen LogP contribution is 2.44. The lowest BCUT2D eigenvalue weighted by Gasteiger charge is -2.27. The summed E-state index contributed by atoms with van der Waals surface area (Å²) in [5.41, 5.74) is 7.00. The third-order valence-electron chi connectivity index (χ3n) is 14.0. The second kappa shape index (κ2) is 32.0. The van der Waals surface area contributed by atoms with Crippen molar-refractivity contribution in [2.75, 3.05) is 26.4 Å². The zero-order chi connectivity index (χ0) is 70.2. The lowest BCUT2D eigenvalue weighted by Crippen LogP contribution is -2.37. The molecule has 0 aliphatic heterocycles. The lowest BCUT2D eigenvalue weighted by molar-refractivity contribution is -0.132. The minimum absolute atomic E-state index is 0.211. The van der Waals surface area contributed by atoms with Gasteiger partial charge in [0.05, 0.1) is 31.8 Å². The molecule has 0 aliphatic carbocycles. The van der Waals surface area contributed by atoms with Crippen LogP contribution in [0.2, 0.25) is 0 Å². The number of carboxylic acids is 4. The van der Waals surface area contributed by atoms with Gasteiger partial charge in [0, 0.05) is 68.8 Å². The molecule has 4 aromatic carbocycles. The van der Waals surface area contributed by atoms with Crippen molar-refractivity contribution in [1.29, 1.82) is 0 Å². The van der Waals surface area contributed by atoms with Crippen LogP contribution in [-0.2, 0) is 62.5 Å². The van der Waals surface area contributed by atoms with E-state index in [0.717, 1.165) is 91.1 Å². The minimum Gasteiger partial charge on any atom is -0.507 e. The minimum atomic E-state index is -1.11. The van der Waals surface area contributed by atoms with Gasteiger partial charge in [0.1, 0.15) is 23.0 Å².